The van der Waals surface area contributed by atoms with Crippen LogP contribution in [-0.2, 0) is 9.59 Å². The van der Waals surface area contributed by atoms with E-state index in [2.05, 4.69) is 16.0 Å². The molecule has 3 N–H and O–H groups in total. The molecule has 42 heavy (non-hydrogen) atoms. The number of hydrogen-bond donors (Lipinski definition) is 3. The molecule has 0 heterocycles. The van der Waals surface area contributed by atoms with Crippen molar-refractivity contribution in [1.82, 2.24) is 5.32 Å². The third kappa shape index (κ3) is 8.29. The highest BCUT2D eigenvalue weighted by Gasteiger charge is 2.18. The zero-order valence-electron chi connectivity index (χ0n) is 22.2. The summed E-state index contributed by atoms with van der Waals surface area (Å²) in [5.41, 5.74) is 1.75. The van der Waals surface area contributed by atoms with Gasteiger partial charge in [0.05, 0.1) is 10.2 Å². The average molecular weight is 601 g/mol. The molecule has 9 nitrogen and oxygen atoms in total. The Morgan fingerprint density at radius 1 is 0.857 bits per heavy atom. The highest BCUT2D eigenvalue weighted by Crippen LogP contribution is 2.27. The summed E-state index contributed by atoms with van der Waals surface area (Å²) in [4.78, 5) is 50.0. The van der Waals surface area contributed by atoms with Crippen LogP contribution in [0.3, 0.4) is 0 Å². The van der Waals surface area contributed by atoms with Crippen LogP contribution in [0.15, 0.2) is 114 Å². The molecule has 3 amide bonds. The Kier molecular flexibility index (Phi) is 10.1. The number of nitro benzene ring substituents is 1. The molecule has 0 fully saturated rings. The van der Waals surface area contributed by atoms with Crippen molar-refractivity contribution in [1.29, 1.82) is 0 Å². The van der Waals surface area contributed by atoms with Crippen LogP contribution in [0.2, 0.25) is 5.02 Å². The molecule has 11 heteroatoms. The number of nitrogens with zero attached hydrogens (tertiary/aromatic N) is 1. The van der Waals surface area contributed by atoms with E-state index in [1.807, 2.05) is 0 Å². The quantitative estimate of drug-likeness (QED) is 0.0796. The fourth-order valence-electron chi connectivity index (χ4n) is 3.70. The van der Waals surface area contributed by atoms with Crippen LogP contribution in [0.4, 0.5) is 17.1 Å². The standard InChI is InChI=1S/C31H25ClN4O5S/c1-20(29(37)33-23-14-16-25(17-15-23)36(40)41)42-26-12-7-11-24(19-26)34-31(39)28(18-22-10-5-6-13-27(22)32)35-30(38)21-8-3-2-4-9-21/h2-20H,1H3,(H,33,37)(H,34,39)(H,35,38)/b28-18+. The van der Waals surface area contributed by atoms with Gasteiger partial charge in [0.1, 0.15) is 5.70 Å². The minimum atomic E-state index is -0.565. The van der Waals surface area contributed by atoms with Crippen molar-refractivity contribution in [3.63, 3.8) is 0 Å². The molecule has 0 spiro atoms. The summed E-state index contributed by atoms with van der Waals surface area (Å²) in [6.07, 6.45) is 1.50. The number of non-ortho nitro benzene ring substituents is 1. The fourth-order valence-corrected chi connectivity index (χ4v) is 4.82. The number of anilines is 2. The van der Waals surface area contributed by atoms with Crippen molar-refractivity contribution in [2.24, 2.45) is 0 Å². The number of nitro groups is 1. The predicted molar refractivity (Wildman–Crippen MR) is 165 cm³/mol. The Bertz CT molecular complexity index is 1640. The van der Waals surface area contributed by atoms with Crippen molar-refractivity contribution in [3.8, 4) is 0 Å². The maximum absolute atomic E-state index is 13.4. The molecule has 0 saturated heterocycles. The highest BCUT2D eigenvalue weighted by molar-refractivity contribution is 8.00. The molecule has 1 atom stereocenters. The monoisotopic (exact) mass is 600 g/mol. The number of nitrogens with one attached hydrogen (secondary N) is 3. The summed E-state index contributed by atoms with van der Waals surface area (Å²) in [5, 5.41) is 19.0. The van der Waals surface area contributed by atoms with Crippen LogP contribution >= 0.6 is 23.4 Å². The van der Waals surface area contributed by atoms with E-state index in [1.165, 1.54) is 42.1 Å². The van der Waals surface area contributed by atoms with Crippen molar-refractivity contribution < 1.29 is 19.3 Å². The predicted octanol–water partition coefficient (Wildman–Crippen LogP) is 6.78. The molecule has 0 radical (unpaired) electrons. The van der Waals surface area contributed by atoms with Gasteiger partial charge in [0, 0.05) is 39.0 Å². The van der Waals surface area contributed by atoms with Crippen molar-refractivity contribution in [2.45, 2.75) is 17.1 Å². The second-order valence-electron chi connectivity index (χ2n) is 8.93. The molecular weight excluding hydrogens is 576 g/mol. The second-order valence-corrected chi connectivity index (χ2v) is 10.8. The van der Waals surface area contributed by atoms with Gasteiger partial charge < -0.3 is 16.0 Å². The van der Waals surface area contributed by atoms with Gasteiger partial charge in [0.25, 0.3) is 17.5 Å². The number of carbonyl (C=O) groups is 3. The lowest BCUT2D eigenvalue weighted by molar-refractivity contribution is -0.384. The first-order chi connectivity index (χ1) is 20.2. The van der Waals surface area contributed by atoms with Crippen LogP contribution in [0, 0.1) is 10.1 Å². The number of amides is 3. The van der Waals surface area contributed by atoms with E-state index in [-0.39, 0.29) is 17.3 Å². The Labute approximate surface area is 251 Å². The summed E-state index contributed by atoms with van der Waals surface area (Å²) in [6.45, 7) is 1.72. The lowest BCUT2D eigenvalue weighted by Crippen LogP contribution is -2.30. The summed E-state index contributed by atoms with van der Waals surface area (Å²) in [5.74, 6) is -1.32. The molecule has 0 aromatic heterocycles. The number of thioether (sulfide) groups is 1. The summed E-state index contributed by atoms with van der Waals surface area (Å²) < 4.78 is 0. The molecule has 0 saturated carbocycles. The van der Waals surface area contributed by atoms with Gasteiger partial charge in [0.2, 0.25) is 5.91 Å². The third-order valence-electron chi connectivity index (χ3n) is 5.85. The number of hydrogen-bond acceptors (Lipinski definition) is 6. The van der Waals surface area contributed by atoms with E-state index in [1.54, 1.807) is 85.8 Å². The maximum atomic E-state index is 13.4. The number of carbonyl (C=O) groups excluding carboxylic acids is 3. The number of benzene rings is 4. The van der Waals surface area contributed by atoms with E-state index in [0.717, 1.165) is 0 Å². The van der Waals surface area contributed by atoms with Gasteiger partial charge in [-0.15, -0.1) is 11.8 Å². The maximum Gasteiger partial charge on any atom is 0.272 e. The first kappa shape index (κ1) is 30.0. The molecule has 0 aliphatic heterocycles. The van der Waals surface area contributed by atoms with Crippen LogP contribution in [0.5, 0.6) is 0 Å². The first-order valence-corrected chi connectivity index (χ1v) is 13.9. The molecule has 4 aromatic rings. The molecule has 0 bridgehead atoms. The van der Waals surface area contributed by atoms with Gasteiger partial charge >= 0.3 is 0 Å². The van der Waals surface area contributed by atoms with Crippen molar-refractivity contribution in [2.75, 3.05) is 10.6 Å². The summed E-state index contributed by atoms with van der Waals surface area (Å²) in [6, 6.07) is 28.0. The van der Waals surface area contributed by atoms with E-state index in [0.29, 0.717) is 32.4 Å². The largest absolute Gasteiger partial charge is 0.325 e. The van der Waals surface area contributed by atoms with Crippen LogP contribution < -0.4 is 16.0 Å². The van der Waals surface area contributed by atoms with Crippen LogP contribution in [-0.4, -0.2) is 27.9 Å². The minimum absolute atomic E-state index is 0.00847. The number of halogens is 1. The number of rotatable bonds is 10. The van der Waals surface area contributed by atoms with E-state index < -0.39 is 22.0 Å². The fraction of sp³-hybridized carbons (Fsp3) is 0.0645. The topological polar surface area (TPSA) is 130 Å². The zero-order chi connectivity index (χ0) is 30.1. The van der Waals surface area contributed by atoms with E-state index in [9.17, 15) is 24.5 Å². The van der Waals surface area contributed by atoms with Gasteiger partial charge in [-0.2, -0.15) is 0 Å². The van der Waals surface area contributed by atoms with Crippen LogP contribution in [0.25, 0.3) is 6.08 Å². The summed E-state index contributed by atoms with van der Waals surface area (Å²) in [7, 11) is 0. The summed E-state index contributed by atoms with van der Waals surface area (Å²) >= 11 is 7.57. The molecule has 0 aliphatic carbocycles. The van der Waals surface area contributed by atoms with Gasteiger partial charge in [-0.1, -0.05) is 54.1 Å². The van der Waals surface area contributed by atoms with Crippen LogP contribution in [0.1, 0.15) is 22.8 Å². The Morgan fingerprint density at radius 2 is 1.55 bits per heavy atom. The molecule has 1 unspecified atom stereocenters. The van der Waals surface area contributed by atoms with Gasteiger partial charge in [0.15, 0.2) is 0 Å². The van der Waals surface area contributed by atoms with Gasteiger partial charge in [-0.25, -0.2) is 0 Å². The van der Waals surface area contributed by atoms with E-state index >= 15 is 0 Å². The second kappa shape index (κ2) is 14.1. The van der Waals surface area contributed by atoms with Crippen molar-refractivity contribution in [3.05, 3.63) is 135 Å². The minimum Gasteiger partial charge on any atom is -0.325 e. The normalized spacial score (nSPS) is 11.7. The van der Waals surface area contributed by atoms with Crippen molar-refractivity contribution >= 4 is 64.2 Å². The van der Waals surface area contributed by atoms with Gasteiger partial charge in [-0.05, 0) is 67.1 Å². The van der Waals surface area contributed by atoms with E-state index in [4.69, 9.17) is 11.6 Å². The third-order valence-corrected chi connectivity index (χ3v) is 7.29. The lowest BCUT2D eigenvalue weighted by atomic mass is 10.1. The molecule has 4 aromatic carbocycles. The Balaban J connectivity index is 1.46. The Hall–Kier alpha value is -4.93. The SMILES string of the molecule is CC(Sc1cccc(NC(=O)/C(=C\c2ccccc2Cl)NC(=O)c2ccccc2)c1)C(=O)Nc1ccc([N+](=O)[O-])cc1. The highest BCUT2D eigenvalue weighted by atomic mass is 35.5. The smallest absolute Gasteiger partial charge is 0.272 e. The van der Waals surface area contributed by atoms with Gasteiger partial charge in [-0.3, -0.25) is 24.5 Å². The molecule has 4 rings (SSSR count). The average Bonchev–Trinajstić information content (AvgIpc) is 2.98. The molecule has 0 aliphatic rings. The lowest BCUT2D eigenvalue weighted by Gasteiger charge is -2.14. The first-order valence-electron chi connectivity index (χ1n) is 12.7. The Morgan fingerprint density at radius 3 is 2.24 bits per heavy atom. The molecule has 212 valence electrons. The molecular formula is C31H25ClN4O5S. The zero-order valence-corrected chi connectivity index (χ0v) is 23.8.